The molecular weight excluding hydrogens is 379 g/mol. The molecule has 1 atom stereocenters. The van der Waals surface area contributed by atoms with Gasteiger partial charge in [0.05, 0.1) is 30.7 Å². The van der Waals surface area contributed by atoms with E-state index in [9.17, 15) is 9.18 Å². The predicted octanol–water partition coefficient (Wildman–Crippen LogP) is 4.02. The summed E-state index contributed by atoms with van der Waals surface area (Å²) in [4.78, 5) is 17.8. The average molecular weight is 400 g/mol. The van der Waals surface area contributed by atoms with Crippen molar-refractivity contribution in [2.24, 2.45) is 0 Å². The molecule has 3 aromatic rings. The van der Waals surface area contributed by atoms with Crippen molar-refractivity contribution < 1.29 is 13.9 Å². The second kappa shape index (κ2) is 8.32. The number of rotatable bonds is 6. The van der Waals surface area contributed by atoms with E-state index in [0.29, 0.717) is 34.1 Å². The molecule has 1 aliphatic heterocycles. The molecule has 0 radical (unpaired) electrons. The van der Waals surface area contributed by atoms with Gasteiger partial charge < -0.3 is 9.47 Å². The van der Waals surface area contributed by atoms with Gasteiger partial charge >= 0.3 is 0 Å². The van der Waals surface area contributed by atoms with Gasteiger partial charge in [0.1, 0.15) is 11.6 Å². The van der Waals surface area contributed by atoms with Crippen molar-refractivity contribution in [2.75, 3.05) is 13.7 Å². The Balaban J connectivity index is 1.70. The van der Waals surface area contributed by atoms with Gasteiger partial charge in [-0.1, -0.05) is 23.9 Å². The fourth-order valence-electron chi connectivity index (χ4n) is 3.41. The molecule has 7 heteroatoms. The molecule has 28 heavy (non-hydrogen) atoms. The quantitative estimate of drug-likeness (QED) is 0.462. The van der Waals surface area contributed by atoms with Gasteiger partial charge in [-0.05, 0) is 43.2 Å². The van der Waals surface area contributed by atoms with E-state index in [4.69, 9.17) is 14.5 Å². The van der Waals surface area contributed by atoms with E-state index < -0.39 is 0 Å². The van der Waals surface area contributed by atoms with Crippen LogP contribution in [0.4, 0.5) is 4.39 Å². The maximum absolute atomic E-state index is 13.7. The summed E-state index contributed by atoms with van der Waals surface area (Å²) >= 11 is 1.40. The molecule has 146 valence electrons. The van der Waals surface area contributed by atoms with Crippen molar-refractivity contribution in [3.05, 3.63) is 64.2 Å². The van der Waals surface area contributed by atoms with Crippen molar-refractivity contribution in [2.45, 2.75) is 36.4 Å². The van der Waals surface area contributed by atoms with Gasteiger partial charge in [0, 0.05) is 17.9 Å². The third kappa shape index (κ3) is 3.91. The minimum absolute atomic E-state index is 0.0173. The summed E-state index contributed by atoms with van der Waals surface area (Å²) in [5.74, 6) is 0.736. The highest BCUT2D eigenvalue weighted by Gasteiger charge is 2.20. The summed E-state index contributed by atoms with van der Waals surface area (Å²) in [6.07, 6.45) is 1.95. The van der Waals surface area contributed by atoms with Gasteiger partial charge in [0.25, 0.3) is 5.56 Å². The predicted molar refractivity (Wildman–Crippen MR) is 107 cm³/mol. The Hall–Kier alpha value is -2.38. The third-order valence-electron chi connectivity index (χ3n) is 4.84. The van der Waals surface area contributed by atoms with Crippen LogP contribution in [-0.2, 0) is 17.0 Å². The van der Waals surface area contributed by atoms with Crippen molar-refractivity contribution in [1.82, 2.24) is 9.55 Å². The molecule has 1 saturated heterocycles. The summed E-state index contributed by atoms with van der Waals surface area (Å²) < 4.78 is 26.4. The minimum atomic E-state index is -0.320. The van der Waals surface area contributed by atoms with Gasteiger partial charge in [-0.15, -0.1) is 0 Å². The van der Waals surface area contributed by atoms with E-state index >= 15 is 0 Å². The Labute approximate surface area is 166 Å². The average Bonchev–Trinajstić information content (AvgIpc) is 3.22. The number of para-hydroxylation sites is 1. The Morgan fingerprint density at radius 3 is 2.96 bits per heavy atom. The van der Waals surface area contributed by atoms with Crippen molar-refractivity contribution in [3.63, 3.8) is 0 Å². The smallest absolute Gasteiger partial charge is 0.262 e. The van der Waals surface area contributed by atoms with Crippen LogP contribution >= 0.6 is 11.8 Å². The first-order valence-electron chi connectivity index (χ1n) is 9.22. The molecular formula is C21H21FN2O3S. The number of halogens is 1. The maximum atomic E-state index is 13.7. The highest BCUT2D eigenvalue weighted by Crippen LogP contribution is 2.28. The molecule has 2 aromatic carbocycles. The van der Waals surface area contributed by atoms with E-state index in [-0.39, 0.29) is 17.5 Å². The molecule has 0 amide bonds. The van der Waals surface area contributed by atoms with Crippen LogP contribution < -0.4 is 10.3 Å². The van der Waals surface area contributed by atoms with Crippen molar-refractivity contribution in [3.8, 4) is 5.75 Å². The summed E-state index contributed by atoms with van der Waals surface area (Å²) in [7, 11) is 1.56. The monoisotopic (exact) mass is 400 g/mol. The molecule has 4 rings (SSSR count). The molecule has 0 spiro atoms. The number of benzene rings is 2. The van der Waals surface area contributed by atoms with E-state index in [1.54, 1.807) is 23.8 Å². The van der Waals surface area contributed by atoms with Crippen molar-refractivity contribution in [1.29, 1.82) is 0 Å². The van der Waals surface area contributed by atoms with Crippen LogP contribution in [0.25, 0.3) is 10.9 Å². The van der Waals surface area contributed by atoms with Crippen LogP contribution in [0.15, 0.2) is 52.4 Å². The van der Waals surface area contributed by atoms with E-state index in [0.717, 1.165) is 25.0 Å². The number of nitrogens with zero attached hydrogens (tertiary/aromatic N) is 2. The lowest BCUT2D eigenvalue weighted by atomic mass is 10.2. The minimum Gasteiger partial charge on any atom is -0.496 e. The molecule has 0 N–H and O–H groups in total. The molecule has 2 heterocycles. The highest BCUT2D eigenvalue weighted by molar-refractivity contribution is 7.98. The van der Waals surface area contributed by atoms with Crippen molar-refractivity contribution >= 4 is 22.7 Å². The Bertz CT molecular complexity index is 1050. The zero-order valence-electron chi connectivity index (χ0n) is 15.6. The fraction of sp³-hybridized carbons (Fsp3) is 0.333. The lowest BCUT2D eigenvalue weighted by Gasteiger charge is -2.17. The second-order valence-electron chi connectivity index (χ2n) is 6.71. The first-order valence-corrected chi connectivity index (χ1v) is 10.2. The number of fused-ring (bicyclic) bond motifs is 1. The normalized spacial score (nSPS) is 16.6. The lowest BCUT2D eigenvalue weighted by molar-refractivity contribution is 0.0937. The van der Waals surface area contributed by atoms with Gasteiger partial charge in [-0.2, -0.15) is 0 Å². The zero-order valence-corrected chi connectivity index (χ0v) is 16.4. The first-order chi connectivity index (χ1) is 13.7. The maximum Gasteiger partial charge on any atom is 0.262 e. The van der Waals surface area contributed by atoms with Crippen LogP contribution in [0.1, 0.15) is 18.4 Å². The van der Waals surface area contributed by atoms with E-state index in [1.807, 2.05) is 18.2 Å². The van der Waals surface area contributed by atoms with Crippen LogP contribution in [0, 0.1) is 5.82 Å². The first kappa shape index (κ1) is 19.0. The molecule has 0 unspecified atom stereocenters. The summed E-state index contributed by atoms with van der Waals surface area (Å²) in [6.45, 7) is 1.20. The zero-order chi connectivity index (χ0) is 19.5. The molecule has 0 bridgehead atoms. The van der Waals surface area contributed by atoms with Crippen LogP contribution in [-0.4, -0.2) is 29.4 Å². The molecule has 1 fully saturated rings. The van der Waals surface area contributed by atoms with E-state index in [1.165, 1.54) is 23.9 Å². The Kier molecular flexibility index (Phi) is 5.64. The van der Waals surface area contributed by atoms with Crippen LogP contribution in [0.2, 0.25) is 0 Å². The molecule has 0 aliphatic carbocycles. The highest BCUT2D eigenvalue weighted by atomic mass is 32.2. The number of aromatic nitrogens is 2. The number of hydrogen-bond acceptors (Lipinski definition) is 5. The number of thioether (sulfide) groups is 1. The van der Waals surface area contributed by atoms with Crippen LogP contribution in [0.5, 0.6) is 5.75 Å². The van der Waals surface area contributed by atoms with Gasteiger partial charge in [-0.3, -0.25) is 9.36 Å². The lowest BCUT2D eigenvalue weighted by Crippen LogP contribution is -2.28. The summed E-state index contributed by atoms with van der Waals surface area (Å²) in [6, 6.07) is 11.8. The number of hydrogen-bond donors (Lipinski definition) is 0. The number of ether oxygens (including phenoxy) is 2. The standard InChI is InChI=1S/C21H21FN2O3S/c1-26-19-9-8-15(22)11-14(19)13-28-21-23-18-7-3-2-6-17(18)20(25)24(21)12-16-5-4-10-27-16/h2-3,6-9,11,16H,4-5,10,12-13H2,1H3/t16-/m1/s1. The molecule has 0 saturated carbocycles. The Morgan fingerprint density at radius 2 is 2.18 bits per heavy atom. The van der Waals surface area contributed by atoms with Gasteiger partial charge in [0.2, 0.25) is 0 Å². The van der Waals surface area contributed by atoms with Gasteiger partial charge in [0.15, 0.2) is 5.16 Å². The van der Waals surface area contributed by atoms with Crippen LogP contribution in [0.3, 0.4) is 0 Å². The molecule has 5 nitrogen and oxygen atoms in total. The van der Waals surface area contributed by atoms with Gasteiger partial charge in [-0.25, -0.2) is 9.37 Å². The topological polar surface area (TPSA) is 53.3 Å². The third-order valence-corrected chi connectivity index (χ3v) is 5.86. The number of methoxy groups -OCH3 is 1. The summed E-state index contributed by atoms with van der Waals surface area (Å²) in [5, 5.41) is 1.19. The fourth-order valence-corrected chi connectivity index (χ4v) is 4.40. The molecule has 1 aromatic heterocycles. The molecule has 1 aliphatic rings. The second-order valence-corrected chi connectivity index (χ2v) is 7.65. The summed E-state index contributed by atoms with van der Waals surface area (Å²) in [5.41, 5.74) is 1.30. The SMILES string of the molecule is COc1ccc(F)cc1CSc1nc2ccccc2c(=O)n1C[C@H]1CCCO1. The van der Waals surface area contributed by atoms with E-state index in [2.05, 4.69) is 0 Å². The largest absolute Gasteiger partial charge is 0.496 e. The Morgan fingerprint density at radius 1 is 1.32 bits per heavy atom.